The quantitative estimate of drug-likeness (QED) is 0.782. The van der Waals surface area contributed by atoms with E-state index in [1.165, 1.54) is 0 Å². The molecule has 1 aliphatic heterocycles. The van der Waals surface area contributed by atoms with Crippen LogP contribution < -0.4 is 10.9 Å². The molecule has 0 spiro atoms. The van der Waals surface area contributed by atoms with Crippen LogP contribution in [0.25, 0.3) is 0 Å². The number of nitrogens with zero attached hydrogens (tertiary/aromatic N) is 2. The number of carboxylic acids is 1. The van der Waals surface area contributed by atoms with Crippen molar-refractivity contribution in [3.63, 3.8) is 0 Å². The molecule has 2 fully saturated rings. The van der Waals surface area contributed by atoms with Crippen LogP contribution in [0.5, 0.6) is 0 Å². The zero-order chi connectivity index (χ0) is 18.2. The number of hydrogen-bond donors (Lipinski definition) is 2. The van der Waals surface area contributed by atoms with E-state index in [1.807, 2.05) is 7.05 Å². The van der Waals surface area contributed by atoms with Gasteiger partial charge in [-0.1, -0.05) is 0 Å². The number of likely N-dealkylation sites (tertiary alicyclic amines) is 1. The summed E-state index contributed by atoms with van der Waals surface area (Å²) in [6.45, 7) is 1.76. The molecule has 1 saturated carbocycles. The van der Waals surface area contributed by atoms with E-state index in [9.17, 15) is 23.5 Å². The predicted molar refractivity (Wildman–Crippen MR) is 95.4 cm³/mol. The van der Waals surface area contributed by atoms with Crippen molar-refractivity contribution in [2.75, 3.05) is 25.5 Å². The van der Waals surface area contributed by atoms with E-state index in [4.69, 9.17) is 0 Å². The molecule has 0 atom stereocenters. The van der Waals surface area contributed by atoms with Crippen LogP contribution in [-0.4, -0.2) is 72.0 Å². The molecule has 1 saturated heterocycles. The Morgan fingerprint density at radius 2 is 1.96 bits per heavy atom. The number of pyridine rings is 1. The number of alkyl halides is 2. The molecule has 2 N–H and O–H groups in total. The SMILES string of the molecule is CN1CCC(Nc2cc(=O)n(C3(C(F)F)CCC3)cc2C(=O)O)CC1.[Li]. The van der Waals surface area contributed by atoms with E-state index in [1.54, 1.807) is 0 Å². The van der Waals surface area contributed by atoms with Crippen LogP contribution in [0.1, 0.15) is 42.5 Å². The molecule has 3 rings (SSSR count). The minimum atomic E-state index is -2.70. The average Bonchev–Trinajstić information content (AvgIpc) is 2.49. The van der Waals surface area contributed by atoms with Crippen LogP contribution in [0, 0.1) is 0 Å². The van der Waals surface area contributed by atoms with Gasteiger partial charge in [0.2, 0.25) is 0 Å². The van der Waals surface area contributed by atoms with E-state index < -0.39 is 23.5 Å². The van der Waals surface area contributed by atoms with Crippen molar-refractivity contribution in [3.8, 4) is 0 Å². The Morgan fingerprint density at radius 1 is 1.35 bits per heavy atom. The predicted octanol–water partition coefficient (Wildman–Crippen LogP) is 1.82. The number of nitrogens with one attached hydrogen (secondary N) is 1. The number of aromatic nitrogens is 1. The molecular weight excluding hydrogens is 339 g/mol. The largest absolute Gasteiger partial charge is 0.478 e. The van der Waals surface area contributed by atoms with Crippen LogP contribution in [0.3, 0.4) is 0 Å². The van der Waals surface area contributed by atoms with E-state index in [0.717, 1.165) is 42.8 Å². The molecule has 2 aliphatic rings. The van der Waals surface area contributed by atoms with Gasteiger partial charge in [-0.05, 0) is 52.2 Å². The minimum Gasteiger partial charge on any atom is -0.478 e. The Kier molecular flexibility index (Phi) is 6.54. The van der Waals surface area contributed by atoms with Gasteiger partial charge < -0.3 is 19.9 Å². The molecule has 26 heavy (non-hydrogen) atoms. The van der Waals surface area contributed by atoms with Gasteiger partial charge >= 0.3 is 5.97 Å². The van der Waals surface area contributed by atoms with Crippen LogP contribution in [-0.2, 0) is 5.54 Å². The summed E-state index contributed by atoms with van der Waals surface area (Å²) in [4.78, 5) is 26.2. The summed E-state index contributed by atoms with van der Waals surface area (Å²) in [5.74, 6) is -1.23. The normalized spacial score (nSPS) is 20.3. The smallest absolute Gasteiger partial charge is 0.339 e. The van der Waals surface area contributed by atoms with E-state index in [0.29, 0.717) is 6.42 Å². The summed E-state index contributed by atoms with van der Waals surface area (Å²) >= 11 is 0. The summed E-state index contributed by atoms with van der Waals surface area (Å²) < 4.78 is 28.0. The standard InChI is InChI=1S/C17H23F2N3O3.Li/c1-21-7-3-11(4-8-21)20-13-9-14(23)22(10-12(13)15(24)25)17(16(18)19)5-2-6-17;/h9-11,16,20H,2-8H2,1H3,(H,24,25);. The van der Waals surface area contributed by atoms with Gasteiger partial charge in [0.1, 0.15) is 5.54 Å². The summed E-state index contributed by atoms with van der Waals surface area (Å²) in [5, 5.41) is 12.6. The van der Waals surface area contributed by atoms with Crippen molar-refractivity contribution in [1.82, 2.24) is 9.47 Å². The molecule has 1 aromatic heterocycles. The fraction of sp³-hybridized carbons (Fsp3) is 0.647. The Hall–Kier alpha value is -1.36. The molecule has 9 heteroatoms. The van der Waals surface area contributed by atoms with Gasteiger partial charge in [-0.3, -0.25) is 4.79 Å². The Balaban J connectivity index is 0.00000243. The van der Waals surface area contributed by atoms with Crippen molar-refractivity contribution in [1.29, 1.82) is 0 Å². The van der Waals surface area contributed by atoms with Crippen molar-refractivity contribution in [3.05, 3.63) is 28.2 Å². The minimum absolute atomic E-state index is 0. The van der Waals surface area contributed by atoms with Gasteiger partial charge in [-0.25, -0.2) is 13.6 Å². The van der Waals surface area contributed by atoms with Crippen LogP contribution >= 0.6 is 0 Å². The number of rotatable bonds is 5. The maximum atomic E-state index is 13.5. The third kappa shape index (κ3) is 3.83. The number of anilines is 1. The summed E-state index contributed by atoms with van der Waals surface area (Å²) in [6.07, 6.45) is 1.03. The number of carbonyl (C=O) groups is 1. The van der Waals surface area contributed by atoms with Gasteiger partial charge in [0.05, 0.1) is 11.3 Å². The molecule has 1 aromatic rings. The Bertz CT molecular complexity index is 714. The van der Waals surface area contributed by atoms with Gasteiger partial charge in [0.25, 0.3) is 12.0 Å². The Morgan fingerprint density at radius 3 is 2.42 bits per heavy atom. The summed E-state index contributed by atoms with van der Waals surface area (Å²) in [5.41, 5.74) is -2.06. The molecule has 0 unspecified atom stereocenters. The molecule has 0 aromatic carbocycles. The zero-order valence-corrected chi connectivity index (χ0v) is 15.2. The molecule has 0 bridgehead atoms. The number of aromatic carboxylic acids is 1. The van der Waals surface area contributed by atoms with Gasteiger partial charge in [0, 0.05) is 37.2 Å². The maximum Gasteiger partial charge on any atom is 0.339 e. The second-order valence-corrected chi connectivity index (χ2v) is 7.09. The van der Waals surface area contributed by atoms with Gasteiger partial charge in [0.15, 0.2) is 0 Å². The second kappa shape index (κ2) is 8.11. The fourth-order valence-corrected chi connectivity index (χ4v) is 3.65. The molecule has 139 valence electrons. The first-order chi connectivity index (χ1) is 11.8. The number of carboxylic acid groups (broad SMARTS) is 1. The number of piperidine rings is 1. The second-order valence-electron chi connectivity index (χ2n) is 7.09. The zero-order valence-electron chi connectivity index (χ0n) is 15.2. The van der Waals surface area contributed by atoms with E-state index in [-0.39, 0.29) is 49.0 Å². The van der Waals surface area contributed by atoms with Crippen LogP contribution in [0.4, 0.5) is 14.5 Å². The number of hydrogen-bond acceptors (Lipinski definition) is 4. The third-order valence-corrected chi connectivity index (χ3v) is 5.47. The molecule has 1 radical (unpaired) electrons. The molecule has 0 amide bonds. The molecule has 1 aliphatic carbocycles. The van der Waals surface area contributed by atoms with E-state index in [2.05, 4.69) is 10.2 Å². The van der Waals surface area contributed by atoms with Gasteiger partial charge in [-0.15, -0.1) is 0 Å². The molecule has 6 nitrogen and oxygen atoms in total. The fourth-order valence-electron chi connectivity index (χ4n) is 3.65. The van der Waals surface area contributed by atoms with Crippen molar-refractivity contribution in [2.45, 2.75) is 50.1 Å². The first-order valence-electron chi connectivity index (χ1n) is 8.57. The molecule has 2 heterocycles. The summed E-state index contributed by atoms with van der Waals surface area (Å²) in [7, 11) is 2.02. The molecular formula is C17H23F2LiN3O3. The van der Waals surface area contributed by atoms with Gasteiger partial charge in [-0.2, -0.15) is 0 Å². The first-order valence-corrected chi connectivity index (χ1v) is 8.57. The maximum absolute atomic E-state index is 13.5. The number of halogens is 2. The van der Waals surface area contributed by atoms with E-state index >= 15 is 0 Å². The summed E-state index contributed by atoms with van der Waals surface area (Å²) in [6, 6.07) is 1.22. The monoisotopic (exact) mass is 362 g/mol. The van der Waals surface area contributed by atoms with Crippen molar-refractivity contribution >= 4 is 30.5 Å². The Labute approximate surface area is 162 Å². The third-order valence-electron chi connectivity index (χ3n) is 5.47. The first kappa shape index (κ1) is 20.9. The van der Waals surface area contributed by atoms with Crippen molar-refractivity contribution in [2.24, 2.45) is 0 Å². The van der Waals surface area contributed by atoms with Crippen molar-refractivity contribution < 1.29 is 18.7 Å². The van der Waals surface area contributed by atoms with Crippen LogP contribution in [0.2, 0.25) is 0 Å². The topological polar surface area (TPSA) is 74.6 Å². The average molecular weight is 362 g/mol. The van der Waals surface area contributed by atoms with Crippen LogP contribution in [0.15, 0.2) is 17.1 Å².